The van der Waals surface area contributed by atoms with Crippen LogP contribution in [0.3, 0.4) is 0 Å². The standard InChI is InChI=1S/C20H14F3N3O2/c1-26-16(19(28)24-12-6-4-5-11(9-12)20(21,22)23)10-14-17(26)13-7-2-3-8-15(13)25-18(14)27/h2-10H,1H3,(H,24,28)(H,25,27). The molecule has 2 N–H and O–H groups in total. The maximum Gasteiger partial charge on any atom is 0.416 e. The zero-order valence-electron chi connectivity index (χ0n) is 14.6. The van der Waals surface area contributed by atoms with Crippen LogP contribution < -0.4 is 10.9 Å². The minimum atomic E-state index is -4.51. The Kier molecular flexibility index (Phi) is 3.99. The van der Waals surface area contributed by atoms with Gasteiger partial charge in [0.1, 0.15) is 5.69 Å². The summed E-state index contributed by atoms with van der Waals surface area (Å²) in [5, 5.41) is 3.56. The van der Waals surface area contributed by atoms with Crippen LogP contribution in [-0.2, 0) is 13.2 Å². The zero-order chi connectivity index (χ0) is 20.1. The lowest BCUT2D eigenvalue weighted by atomic mass is 10.1. The van der Waals surface area contributed by atoms with Crippen LogP contribution in [0.4, 0.5) is 18.9 Å². The van der Waals surface area contributed by atoms with E-state index in [-0.39, 0.29) is 16.9 Å². The van der Waals surface area contributed by atoms with Gasteiger partial charge in [0.25, 0.3) is 11.5 Å². The van der Waals surface area contributed by atoms with E-state index in [0.29, 0.717) is 16.4 Å². The summed E-state index contributed by atoms with van der Waals surface area (Å²) in [6.07, 6.45) is -4.51. The lowest BCUT2D eigenvalue weighted by Gasteiger charge is -2.10. The summed E-state index contributed by atoms with van der Waals surface area (Å²) >= 11 is 0. The fraction of sp³-hybridized carbons (Fsp3) is 0.100. The summed E-state index contributed by atoms with van der Waals surface area (Å²) in [6.45, 7) is 0. The molecule has 0 radical (unpaired) electrons. The quantitative estimate of drug-likeness (QED) is 0.541. The highest BCUT2D eigenvalue weighted by atomic mass is 19.4. The predicted molar refractivity (Wildman–Crippen MR) is 100 cm³/mol. The number of nitrogens with one attached hydrogen (secondary N) is 2. The van der Waals surface area contributed by atoms with Crippen LogP contribution in [0.2, 0.25) is 0 Å². The number of carbonyl (C=O) groups excluding carboxylic acids is 1. The molecule has 4 aromatic rings. The van der Waals surface area contributed by atoms with Crippen molar-refractivity contribution in [3.05, 3.63) is 76.2 Å². The molecule has 1 amide bonds. The number of alkyl halides is 3. The van der Waals surface area contributed by atoms with E-state index < -0.39 is 17.6 Å². The van der Waals surface area contributed by atoms with E-state index in [1.807, 2.05) is 12.1 Å². The topological polar surface area (TPSA) is 66.9 Å². The zero-order valence-corrected chi connectivity index (χ0v) is 14.6. The van der Waals surface area contributed by atoms with Crippen molar-refractivity contribution in [3.8, 4) is 0 Å². The molecule has 8 heteroatoms. The van der Waals surface area contributed by atoms with E-state index in [0.717, 1.165) is 17.5 Å². The van der Waals surface area contributed by atoms with Crippen LogP contribution in [0.15, 0.2) is 59.4 Å². The number of amides is 1. The first kappa shape index (κ1) is 17.8. The Balaban J connectivity index is 1.79. The van der Waals surface area contributed by atoms with Crippen molar-refractivity contribution in [1.29, 1.82) is 0 Å². The van der Waals surface area contributed by atoms with Crippen LogP contribution in [0.5, 0.6) is 0 Å². The molecule has 0 spiro atoms. The SMILES string of the molecule is Cn1c(C(=O)Nc2cccc(C(F)(F)F)c2)cc2c(=O)[nH]c3ccccc3c21. The van der Waals surface area contributed by atoms with Gasteiger partial charge >= 0.3 is 6.18 Å². The second-order valence-corrected chi connectivity index (χ2v) is 6.38. The first-order valence-corrected chi connectivity index (χ1v) is 8.35. The number of para-hydroxylation sites is 1. The number of fused-ring (bicyclic) bond motifs is 3. The van der Waals surface area contributed by atoms with E-state index in [1.165, 1.54) is 18.2 Å². The van der Waals surface area contributed by atoms with Gasteiger partial charge in [0.15, 0.2) is 0 Å². The smallest absolute Gasteiger partial charge is 0.339 e. The second kappa shape index (κ2) is 6.26. The molecule has 0 aliphatic heterocycles. The molecule has 0 aliphatic carbocycles. The molecule has 0 atom stereocenters. The Hall–Kier alpha value is -3.55. The molecule has 28 heavy (non-hydrogen) atoms. The molecule has 2 heterocycles. The fourth-order valence-electron chi connectivity index (χ4n) is 3.28. The van der Waals surface area contributed by atoms with E-state index in [2.05, 4.69) is 10.3 Å². The van der Waals surface area contributed by atoms with E-state index in [1.54, 1.807) is 23.7 Å². The molecule has 0 saturated carbocycles. The Labute approximate surface area is 156 Å². The van der Waals surface area contributed by atoms with Crippen molar-refractivity contribution in [2.75, 3.05) is 5.32 Å². The molecule has 142 valence electrons. The molecule has 2 aromatic carbocycles. The largest absolute Gasteiger partial charge is 0.416 e. The summed E-state index contributed by atoms with van der Waals surface area (Å²) in [5.41, 5.74) is 0.185. The molecule has 0 fully saturated rings. The van der Waals surface area contributed by atoms with E-state index in [9.17, 15) is 22.8 Å². The van der Waals surface area contributed by atoms with Crippen molar-refractivity contribution in [2.24, 2.45) is 7.05 Å². The number of H-pyrrole nitrogens is 1. The van der Waals surface area contributed by atoms with Crippen LogP contribution in [0.1, 0.15) is 16.1 Å². The normalized spacial score (nSPS) is 11.9. The van der Waals surface area contributed by atoms with Crippen LogP contribution in [0.25, 0.3) is 21.8 Å². The Morgan fingerprint density at radius 1 is 1.04 bits per heavy atom. The van der Waals surface area contributed by atoms with Gasteiger partial charge in [-0.1, -0.05) is 24.3 Å². The van der Waals surface area contributed by atoms with Gasteiger partial charge in [-0.25, -0.2) is 0 Å². The number of aromatic nitrogens is 2. The molecule has 0 unspecified atom stereocenters. The molecular weight excluding hydrogens is 371 g/mol. The number of carbonyl (C=O) groups is 1. The van der Waals surface area contributed by atoms with Crippen LogP contribution >= 0.6 is 0 Å². The summed E-state index contributed by atoms with van der Waals surface area (Å²) in [5.74, 6) is -0.610. The number of halogens is 3. The maximum absolute atomic E-state index is 12.9. The van der Waals surface area contributed by atoms with Gasteiger partial charge in [-0.2, -0.15) is 13.2 Å². The third kappa shape index (κ3) is 2.92. The van der Waals surface area contributed by atoms with E-state index in [4.69, 9.17) is 0 Å². The van der Waals surface area contributed by atoms with Gasteiger partial charge in [0, 0.05) is 18.1 Å². The number of pyridine rings is 1. The molecule has 5 nitrogen and oxygen atoms in total. The second-order valence-electron chi connectivity index (χ2n) is 6.38. The molecule has 0 saturated heterocycles. The predicted octanol–water partition coefficient (Wildman–Crippen LogP) is 4.29. The van der Waals surface area contributed by atoms with Gasteiger partial charge in [0.2, 0.25) is 0 Å². The number of aromatic amines is 1. The van der Waals surface area contributed by atoms with Gasteiger partial charge in [-0.15, -0.1) is 0 Å². The summed E-state index contributed by atoms with van der Waals surface area (Å²) < 4.78 is 40.2. The minimum Gasteiger partial charge on any atom is -0.339 e. The number of hydrogen-bond donors (Lipinski definition) is 2. The average molecular weight is 385 g/mol. The van der Waals surface area contributed by atoms with Crippen molar-refractivity contribution >= 4 is 33.4 Å². The summed E-state index contributed by atoms with van der Waals surface area (Å²) in [6, 6.07) is 13.0. The van der Waals surface area contributed by atoms with Crippen LogP contribution in [-0.4, -0.2) is 15.5 Å². The maximum atomic E-state index is 12.9. The number of benzene rings is 2. The Morgan fingerprint density at radius 3 is 2.54 bits per heavy atom. The van der Waals surface area contributed by atoms with E-state index >= 15 is 0 Å². The third-order valence-electron chi connectivity index (χ3n) is 4.59. The van der Waals surface area contributed by atoms with Crippen molar-refractivity contribution in [2.45, 2.75) is 6.18 Å². The minimum absolute atomic E-state index is 0.0175. The Morgan fingerprint density at radius 2 is 1.79 bits per heavy atom. The monoisotopic (exact) mass is 385 g/mol. The first-order chi connectivity index (χ1) is 13.3. The number of rotatable bonds is 2. The highest BCUT2D eigenvalue weighted by Gasteiger charge is 2.30. The van der Waals surface area contributed by atoms with Gasteiger partial charge in [-0.3, -0.25) is 9.59 Å². The average Bonchev–Trinajstić information content (AvgIpc) is 3.00. The van der Waals surface area contributed by atoms with Crippen molar-refractivity contribution < 1.29 is 18.0 Å². The summed E-state index contributed by atoms with van der Waals surface area (Å²) in [4.78, 5) is 27.8. The number of nitrogens with zero attached hydrogens (tertiary/aromatic N) is 1. The molecule has 0 aliphatic rings. The highest BCUT2D eigenvalue weighted by molar-refractivity contribution is 6.10. The lowest BCUT2D eigenvalue weighted by molar-refractivity contribution is -0.137. The van der Waals surface area contributed by atoms with Crippen LogP contribution in [0, 0.1) is 0 Å². The first-order valence-electron chi connectivity index (χ1n) is 8.35. The third-order valence-corrected chi connectivity index (χ3v) is 4.59. The molecular formula is C20H14F3N3O2. The number of aryl methyl sites for hydroxylation is 1. The summed E-state index contributed by atoms with van der Waals surface area (Å²) in [7, 11) is 1.63. The lowest BCUT2D eigenvalue weighted by Crippen LogP contribution is -2.16. The van der Waals surface area contributed by atoms with Crippen molar-refractivity contribution in [1.82, 2.24) is 9.55 Å². The van der Waals surface area contributed by atoms with Gasteiger partial charge in [-0.05, 0) is 30.3 Å². The Bertz CT molecular complexity index is 1290. The van der Waals surface area contributed by atoms with Gasteiger partial charge < -0.3 is 14.9 Å². The highest BCUT2D eigenvalue weighted by Crippen LogP contribution is 2.31. The fourth-order valence-corrected chi connectivity index (χ4v) is 3.28. The van der Waals surface area contributed by atoms with Crippen molar-refractivity contribution in [3.63, 3.8) is 0 Å². The molecule has 4 rings (SSSR count). The number of anilines is 1. The number of hydrogen-bond acceptors (Lipinski definition) is 2. The molecule has 0 bridgehead atoms. The molecule has 2 aromatic heterocycles. The van der Waals surface area contributed by atoms with Gasteiger partial charge in [0.05, 0.1) is 22.0 Å².